The van der Waals surface area contributed by atoms with Crippen LogP contribution in [0.5, 0.6) is 5.75 Å². The minimum atomic E-state index is -0.357. The molecule has 0 aliphatic rings. The van der Waals surface area contributed by atoms with Crippen molar-refractivity contribution in [2.75, 3.05) is 33.8 Å². The highest BCUT2D eigenvalue weighted by molar-refractivity contribution is 5.81. The van der Waals surface area contributed by atoms with Gasteiger partial charge in [0.25, 0.3) is 0 Å². The predicted octanol–water partition coefficient (Wildman–Crippen LogP) is 2.35. The van der Waals surface area contributed by atoms with Gasteiger partial charge in [0.1, 0.15) is 5.75 Å². The van der Waals surface area contributed by atoms with Gasteiger partial charge in [-0.1, -0.05) is 32.9 Å². The second-order valence-corrected chi connectivity index (χ2v) is 7.24. The number of carbonyl (C=O) groups excluding carboxylic acids is 1. The Morgan fingerprint density at radius 3 is 2.19 bits per heavy atom. The van der Waals surface area contributed by atoms with E-state index in [0.29, 0.717) is 13.1 Å². The predicted molar refractivity (Wildman–Crippen MR) is 108 cm³/mol. The number of nitrogens with one attached hydrogen (secondary N) is 3. The number of hydrogen-bond donors (Lipinski definition) is 3. The molecule has 0 heterocycles. The van der Waals surface area contributed by atoms with E-state index in [0.717, 1.165) is 37.5 Å². The van der Waals surface area contributed by atoms with Crippen molar-refractivity contribution in [3.05, 3.63) is 29.8 Å². The second kappa shape index (κ2) is 11.4. The summed E-state index contributed by atoms with van der Waals surface area (Å²) >= 11 is 0. The highest BCUT2D eigenvalue weighted by Gasteiger charge is 2.20. The molecule has 1 aromatic rings. The second-order valence-electron chi connectivity index (χ2n) is 7.24. The van der Waals surface area contributed by atoms with E-state index in [2.05, 4.69) is 33.1 Å². The first-order valence-electron chi connectivity index (χ1n) is 9.22. The van der Waals surface area contributed by atoms with Crippen LogP contribution in [0.3, 0.4) is 0 Å². The Labute approximate surface area is 157 Å². The van der Waals surface area contributed by atoms with Gasteiger partial charge in [-0.15, -0.1) is 0 Å². The molecule has 1 aromatic carbocycles. The molecular weight excluding hydrogens is 328 g/mol. The monoisotopic (exact) mass is 362 g/mol. The van der Waals surface area contributed by atoms with Gasteiger partial charge in [0, 0.05) is 32.1 Å². The van der Waals surface area contributed by atoms with E-state index in [4.69, 9.17) is 4.74 Å². The molecule has 0 atom stereocenters. The van der Waals surface area contributed by atoms with Gasteiger partial charge in [-0.05, 0) is 37.0 Å². The molecule has 1 amide bonds. The van der Waals surface area contributed by atoms with Crippen LogP contribution in [0.25, 0.3) is 0 Å². The first kappa shape index (κ1) is 21.8. The molecule has 26 heavy (non-hydrogen) atoms. The maximum absolute atomic E-state index is 11.8. The first-order chi connectivity index (χ1) is 12.4. The van der Waals surface area contributed by atoms with Crippen LogP contribution < -0.4 is 20.7 Å². The van der Waals surface area contributed by atoms with Crippen molar-refractivity contribution in [1.29, 1.82) is 0 Å². The summed E-state index contributed by atoms with van der Waals surface area (Å²) in [6, 6.07) is 8.22. The maximum Gasteiger partial charge on any atom is 0.225 e. The number of unbranched alkanes of at least 4 members (excludes halogenated alkanes) is 1. The van der Waals surface area contributed by atoms with Gasteiger partial charge < -0.3 is 20.7 Å². The van der Waals surface area contributed by atoms with Crippen LogP contribution in [0.1, 0.15) is 39.2 Å². The van der Waals surface area contributed by atoms with Crippen LogP contribution in [-0.4, -0.2) is 45.7 Å². The zero-order chi connectivity index (χ0) is 19.4. The molecule has 146 valence electrons. The van der Waals surface area contributed by atoms with E-state index in [1.807, 2.05) is 32.9 Å². The Kier molecular flexibility index (Phi) is 9.55. The fourth-order valence-corrected chi connectivity index (χ4v) is 2.30. The number of methoxy groups -OCH3 is 1. The van der Waals surface area contributed by atoms with E-state index >= 15 is 0 Å². The molecule has 0 bridgehead atoms. The summed E-state index contributed by atoms with van der Waals surface area (Å²) in [7, 11) is 3.43. The highest BCUT2D eigenvalue weighted by atomic mass is 16.5. The molecule has 0 saturated carbocycles. The summed E-state index contributed by atoms with van der Waals surface area (Å²) < 4.78 is 5.17. The molecule has 6 heteroatoms. The normalized spacial score (nSPS) is 11.8. The molecular formula is C20H34N4O2. The summed E-state index contributed by atoms with van der Waals surface area (Å²) in [5.41, 5.74) is 0.965. The molecule has 0 saturated heterocycles. The van der Waals surface area contributed by atoms with Crippen molar-refractivity contribution in [2.45, 2.75) is 40.0 Å². The van der Waals surface area contributed by atoms with Crippen molar-refractivity contribution < 1.29 is 9.53 Å². The Hall–Kier alpha value is -2.24. The number of nitrogens with zero attached hydrogens (tertiary/aromatic N) is 1. The van der Waals surface area contributed by atoms with E-state index in [-0.39, 0.29) is 11.3 Å². The molecule has 1 rings (SSSR count). The molecule has 0 aromatic heterocycles. The summed E-state index contributed by atoms with van der Waals surface area (Å²) in [4.78, 5) is 16.0. The van der Waals surface area contributed by atoms with Crippen LogP contribution in [-0.2, 0) is 11.2 Å². The molecule has 0 spiro atoms. The topological polar surface area (TPSA) is 74.8 Å². The lowest BCUT2D eigenvalue weighted by Gasteiger charge is -2.18. The third-order valence-electron chi connectivity index (χ3n) is 3.95. The lowest BCUT2D eigenvalue weighted by atomic mass is 9.96. The van der Waals surface area contributed by atoms with Crippen molar-refractivity contribution in [3.8, 4) is 5.75 Å². The number of rotatable bonds is 9. The third kappa shape index (κ3) is 8.74. The van der Waals surface area contributed by atoms with Crippen LogP contribution >= 0.6 is 0 Å². The Morgan fingerprint density at radius 1 is 1.00 bits per heavy atom. The molecule has 6 nitrogen and oxygen atoms in total. The van der Waals surface area contributed by atoms with Gasteiger partial charge in [0.2, 0.25) is 5.91 Å². The number of aliphatic imine (C=N–C) groups is 1. The standard InChI is InChI=1S/C20H34N4O2/c1-20(2,3)18(25)22-14-15-24-19(21-4)23-13-7-6-8-16-9-11-17(26-5)12-10-16/h9-12H,6-8,13-15H2,1-5H3,(H,22,25)(H2,21,23,24). The Morgan fingerprint density at radius 2 is 1.62 bits per heavy atom. The summed E-state index contributed by atoms with van der Waals surface area (Å²) in [5.74, 6) is 1.71. The highest BCUT2D eigenvalue weighted by Crippen LogP contribution is 2.13. The molecule has 0 radical (unpaired) electrons. The van der Waals surface area contributed by atoms with Crippen molar-refractivity contribution >= 4 is 11.9 Å². The summed E-state index contributed by atoms with van der Waals surface area (Å²) in [5, 5.41) is 9.42. The number of hydrogen-bond acceptors (Lipinski definition) is 3. The van der Waals surface area contributed by atoms with Gasteiger partial charge >= 0.3 is 0 Å². The average molecular weight is 363 g/mol. The Bertz CT molecular complexity index is 562. The van der Waals surface area contributed by atoms with Gasteiger partial charge in [-0.3, -0.25) is 9.79 Å². The van der Waals surface area contributed by atoms with Crippen molar-refractivity contribution in [3.63, 3.8) is 0 Å². The largest absolute Gasteiger partial charge is 0.497 e. The van der Waals surface area contributed by atoms with Gasteiger partial charge in [-0.2, -0.15) is 0 Å². The lowest BCUT2D eigenvalue weighted by Crippen LogP contribution is -2.43. The summed E-state index contributed by atoms with van der Waals surface area (Å²) in [6.07, 6.45) is 3.22. The van der Waals surface area contributed by atoms with Gasteiger partial charge in [0.05, 0.1) is 7.11 Å². The molecule has 3 N–H and O–H groups in total. The number of guanidine groups is 1. The molecule has 0 aliphatic carbocycles. The van der Waals surface area contributed by atoms with E-state index < -0.39 is 0 Å². The third-order valence-corrected chi connectivity index (χ3v) is 3.95. The van der Waals surface area contributed by atoms with Crippen LogP contribution in [0.4, 0.5) is 0 Å². The zero-order valence-electron chi connectivity index (χ0n) is 16.8. The quantitative estimate of drug-likeness (QED) is 0.358. The van der Waals surface area contributed by atoms with E-state index in [1.54, 1.807) is 14.2 Å². The molecule has 0 unspecified atom stereocenters. The number of aryl methyl sites for hydroxylation is 1. The fraction of sp³-hybridized carbons (Fsp3) is 0.600. The van der Waals surface area contributed by atoms with Crippen molar-refractivity contribution in [1.82, 2.24) is 16.0 Å². The zero-order valence-corrected chi connectivity index (χ0v) is 16.8. The maximum atomic E-state index is 11.8. The fourth-order valence-electron chi connectivity index (χ4n) is 2.30. The van der Waals surface area contributed by atoms with Crippen LogP contribution in [0.2, 0.25) is 0 Å². The van der Waals surface area contributed by atoms with E-state index in [1.165, 1.54) is 5.56 Å². The Balaban J connectivity index is 2.13. The van der Waals surface area contributed by atoms with Gasteiger partial charge in [-0.25, -0.2) is 0 Å². The SMILES string of the molecule is CN=C(NCCCCc1ccc(OC)cc1)NCCNC(=O)C(C)(C)C. The summed E-state index contributed by atoms with van der Waals surface area (Å²) in [6.45, 7) is 7.80. The van der Waals surface area contributed by atoms with Crippen molar-refractivity contribution in [2.24, 2.45) is 10.4 Å². The number of benzene rings is 1. The molecule has 0 fully saturated rings. The minimum absolute atomic E-state index is 0.0563. The first-order valence-corrected chi connectivity index (χ1v) is 9.22. The smallest absolute Gasteiger partial charge is 0.225 e. The van der Waals surface area contributed by atoms with Crippen LogP contribution in [0.15, 0.2) is 29.3 Å². The average Bonchev–Trinajstić information content (AvgIpc) is 2.62. The number of amides is 1. The van der Waals surface area contributed by atoms with E-state index in [9.17, 15) is 4.79 Å². The minimum Gasteiger partial charge on any atom is -0.497 e. The molecule has 0 aliphatic heterocycles. The van der Waals surface area contributed by atoms with Crippen LogP contribution in [0, 0.1) is 5.41 Å². The number of ether oxygens (including phenoxy) is 1. The number of carbonyl (C=O) groups is 1. The lowest BCUT2D eigenvalue weighted by molar-refractivity contribution is -0.128. The van der Waals surface area contributed by atoms with Gasteiger partial charge in [0.15, 0.2) is 5.96 Å².